The van der Waals surface area contributed by atoms with E-state index >= 15 is 0 Å². The number of rotatable bonds is 5. The van der Waals surface area contributed by atoms with E-state index in [9.17, 15) is 4.79 Å². The number of nitrogens with zero attached hydrogens (tertiary/aromatic N) is 2. The van der Waals surface area contributed by atoms with Crippen LogP contribution in [0.1, 0.15) is 31.7 Å². The summed E-state index contributed by atoms with van der Waals surface area (Å²) in [6, 6.07) is 10.2. The first-order valence-electron chi connectivity index (χ1n) is 7.86. The highest BCUT2D eigenvalue weighted by Crippen LogP contribution is 2.17. The number of ether oxygens (including phenoxy) is 1. The summed E-state index contributed by atoms with van der Waals surface area (Å²) in [6.07, 6.45) is 2.87. The molecule has 0 atom stereocenters. The van der Waals surface area contributed by atoms with Crippen LogP contribution in [-0.4, -0.2) is 48.6 Å². The summed E-state index contributed by atoms with van der Waals surface area (Å²) in [5, 5.41) is 0. The lowest BCUT2D eigenvalue weighted by molar-refractivity contribution is 0.0640. The number of piperidine rings is 1. The zero-order chi connectivity index (χ0) is 15.1. The first-order valence-corrected chi connectivity index (χ1v) is 7.86. The summed E-state index contributed by atoms with van der Waals surface area (Å²) in [6.45, 7) is 5.34. The van der Waals surface area contributed by atoms with E-state index < -0.39 is 0 Å². The molecule has 1 aromatic carbocycles. The molecule has 1 heterocycles. The van der Waals surface area contributed by atoms with Crippen LogP contribution in [0.25, 0.3) is 0 Å². The zero-order valence-electron chi connectivity index (χ0n) is 13.1. The van der Waals surface area contributed by atoms with Gasteiger partial charge in [-0.3, -0.25) is 0 Å². The molecule has 0 unspecified atom stereocenters. The van der Waals surface area contributed by atoms with Crippen LogP contribution in [0.5, 0.6) is 0 Å². The normalized spacial score (nSPS) is 16.7. The van der Waals surface area contributed by atoms with Gasteiger partial charge in [-0.25, -0.2) is 4.79 Å². The van der Waals surface area contributed by atoms with Crippen LogP contribution >= 0.6 is 0 Å². The van der Waals surface area contributed by atoms with Gasteiger partial charge in [-0.15, -0.1) is 0 Å². The van der Waals surface area contributed by atoms with E-state index in [1.165, 1.54) is 0 Å². The molecular formula is C17H26N2O2. The largest absolute Gasteiger partial charge is 0.445 e. The van der Waals surface area contributed by atoms with E-state index in [2.05, 4.69) is 18.9 Å². The summed E-state index contributed by atoms with van der Waals surface area (Å²) in [5.74, 6) is 0. The fourth-order valence-electron chi connectivity index (χ4n) is 2.77. The van der Waals surface area contributed by atoms with Gasteiger partial charge in [0.1, 0.15) is 6.61 Å². The quantitative estimate of drug-likeness (QED) is 0.835. The third-order valence-electron chi connectivity index (χ3n) is 4.03. The molecule has 4 heteroatoms. The molecule has 1 fully saturated rings. The Morgan fingerprint density at radius 2 is 1.95 bits per heavy atom. The van der Waals surface area contributed by atoms with Gasteiger partial charge in [-0.2, -0.15) is 0 Å². The highest BCUT2D eigenvalue weighted by molar-refractivity contribution is 5.68. The van der Waals surface area contributed by atoms with Crippen molar-refractivity contribution in [2.75, 3.05) is 26.7 Å². The maximum Gasteiger partial charge on any atom is 0.410 e. The van der Waals surface area contributed by atoms with Crippen molar-refractivity contribution >= 4 is 6.09 Å². The SMILES string of the molecule is CCCN(C(=O)OCc1ccccc1)C1CCN(C)CC1. The Labute approximate surface area is 127 Å². The predicted molar refractivity (Wildman–Crippen MR) is 84.1 cm³/mol. The van der Waals surface area contributed by atoms with Crippen molar-refractivity contribution in [1.29, 1.82) is 0 Å². The second-order valence-corrected chi connectivity index (χ2v) is 5.77. The summed E-state index contributed by atoms with van der Waals surface area (Å²) < 4.78 is 5.50. The van der Waals surface area contributed by atoms with Crippen LogP contribution in [0, 0.1) is 0 Å². The van der Waals surface area contributed by atoms with Gasteiger partial charge >= 0.3 is 6.09 Å². The van der Waals surface area contributed by atoms with Gasteiger partial charge in [0.15, 0.2) is 0 Å². The Hall–Kier alpha value is -1.55. The maximum absolute atomic E-state index is 12.4. The fourth-order valence-corrected chi connectivity index (χ4v) is 2.77. The minimum Gasteiger partial charge on any atom is -0.445 e. The van der Waals surface area contributed by atoms with Crippen molar-refractivity contribution in [2.45, 2.75) is 38.8 Å². The molecule has 0 saturated carbocycles. The van der Waals surface area contributed by atoms with E-state index in [1.54, 1.807) is 0 Å². The molecule has 0 bridgehead atoms. The van der Waals surface area contributed by atoms with Crippen LogP contribution in [0.3, 0.4) is 0 Å². The Bertz CT molecular complexity index is 428. The summed E-state index contributed by atoms with van der Waals surface area (Å²) >= 11 is 0. The molecule has 0 spiro atoms. The highest BCUT2D eigenvalue weighted by atomic mass is 16.6. The third-order valence-corrected chi connectivity index (χ3v) is 4.03. The molecule has 4 nitrogen and oxygen atoms in total. The molecule has 2 rings (SSSR count). The van der Waals surface area contributed by atoms with Gasteiger partial charge in [-0.05, 0) is 45.0 Å². The molecule has 116 valence electrons. The van der Waals surface area contributed by atoms with Gasteiger partial charge in [-0.1, -0.05) is 37.3 Å². The van der Waals surface area contributed by atoms with Crippen LogP contribution in [0.4, 0.5) is 4.79 Å². The van der Waals surface area contributed by atoms with Gasteiger partial charge in [0.2, 0.25) is 0 Å². The van der Waals surface area contributed by atoms with Crippen molar-refractivity contribution in [3.63, 3.8) is 0 Å². The third kappa shape index (κ3) is 4.74. The number of carbonyl (C=O) groups is 1. The molecule has 0 aromatic heterocycles. The van der Waals surface area contributed by atoms with E-state index in [0.29, 0.717) is 12.6 Å². The van der Waals surface area contributed by atoms with Crippen molar-refractivity contribution in [2.24, 2.45) is 0 Å². The van der Waals surface area contributed by atoms with E-state index in [1.807, 2.05) is 35.2 Å². The van der Waals surface area contributed by atoms with Gasteiger partial charge in [0.25, 0.3) is 0 Å². The van der Waals surface area contributed by atoms with Crippen molar-refractivity contribution in [1.82, 2.24) is 9.80 Å². The van der Waals surface area contributed by atoms with E-state index in [4.69, 9.17) is 4.74 Å². The molecule has 1 aromatic rings. The zero-order valence-corrected chi connectivity index (χ0v) is 13.1. The van der Waals surface area contributed by atoms with Crippen LogP contribution in [-0.2, 0) is 11.3 Å². The minimum atomic E-state index is -0.171. The number of hydrogen-bond acceptors (Lipinski definition) is 3. The molecule has 1 aliphatic rings. The monoisotopic (exact) mass is 290 g/mol. The second kappa shape index (κ2) is 8.03. The first-order chi connectivity index (χ1) is 10.2. The smallest absolute Gasteiger partial charge is 0.410 e. The standard InChI is InChI=1S/C17H26N2O2/c1-3-11-19(16-9-12-18(2)13-10-16)17(20)21-14-15-7-5-4-6-8-15/h4-8,16H,3,9-14H2,1-2H3. The lowest BCUT2D eigenvalue weighted by atomic mass is 10.0. The van der Waals surface area contributed by atoms with Crippen LogP contribution < -0.4 is 0 Å². The summed E-state index contributed by atoms with van der Waals surface area (Å²) in [5.41, 5.74) is 1.03. The van der Waals surface area contributed by atoms with Crippen molar-refractivity contribution in [3.8, 4) is 0 Å². The number of amides is 1. The van der Waals surface area contributed by atoms with Crippen LogP contribution in [0.2, 0.25) is 0 Å². The minimum absolute atomic E-state index is 0.171. The summed E-state index contributed by atoms with van der Waals surface area (Å²) in [7, 11) is 2.13. The molecule has 1 amide bonds. The Kier molecular flexibility index (Phi) is 6.05. The van der Waals surface area contributed by atoms with Gasteiger partial charge in [0, 0.05) is 12.6 Å². The lowest BCUT2D eigenvalue weighted by Gasteiger charge is -2.36. The van der Waals surface area contributed by atoms with Gasteiger partial charge < -0.3 is 14.5 Å². The number of likely N-dealkylation sites (tertiary alicyclic amines) is 1. The molecule has 1 aliphatic heterocycles. The van der Waals surface area contributed by atoms with Crippen molar-refractivity contribution in [3.05, 3.63) is 35.9 Å². The average Bonchev–Trinajstić information content (AvgIpc) is 2.52. The molecule has 21 heavy (non-hydrogen) atoms. The second-order valence-electron chi connectivity index (χ2n) is 5.77. The molecule has 0 N–H and O–H groups in total. The number of hydrogen-bond donors (Lipinski definition) is 0. The molecule has 0 radical (unpaired) electrons. The van der Waals surface area contributed by atoms with Crippen molar-refractivity contribution < 1.29 is 9.53 Å². The fraction of sp³-hybridized carbons (Fsp3) is 0.588. The Morgan fingerprint density at radius 3 is 2.57 bits per heavy atom. The molecule has 0 aliphatic carbocycles. The van der Waals surface area contributed by atoms with E-state index in [0.717, 1.165) is 44.5 Å². The molecular weight excluding hydrogens is 264 g/mol. The van der Waals surface area contributed by atoms with Crippen LogP contribution in [0.15, 0.2) is 30.3 Å². The molecule has 1 saturated heterocycles. The number of benzene rings is 1. The topological polar surface area (TPSA) is 32.8 Å². The Morgan fingerprint density at radius 1 is 1.29 bits per heavy atom. The lowest BCUT2D eigenvalue weighted by Crippen LogP contribution is -2.47. The predicted octanol–water partition coefficient (Wildman–Crippen LogP) is 3.13. The first kappa shape index (κ1) is 15.8. The average molecular weight is 290 g/mol. The highest BCUT2D eigenvalue weighted by Gasteiger charge is 2.27. The Balaban J connectivity index is 1.89. The maximum atomic E-state index is 12.4. The van der Waals surface area contributed by atoms with E-state index in [-0.39, 0.29) is 6.09 Å². The van der Waals surface area contributed by atoms with Gasteiger partial charge in [0.05, 0.1) is 0 Å². The summed E-state index contributed by atoms with van der Waals surface area (Å²) in [4.78, 5) is 16.6. The number of carbonyl (C=O) groups excluding carboxylic acids is 1.